The number of rotatable bonds is 4. The van der Waals surface area contributed by atoms with Crippen molar-refractivity contribution in [1.82, 2.24) is 0 Å². The molecule has 15 heteroatoms. The fourth-order valence-corrected chi connectivity index (χ4v) is 2.07. The third kappa shape index (κ3) is 16.5. The molecule has 0 radical (unpaired) electrons. The number of nitrogens with zero attached hydrogens (tertiary/aromatic N) is 6. The molecule has 1 saturated heterocycles. The molecule has 0 aromatic heterocycles. The molecule has 176 valence electrons. The summed E-state index contributed by atoms with van der Waals surface area (Å²) in [5.74, 6) is -0.998. The Bertz CT molecular complexity index is 882. The number of halogens is 3. The van der Waals surface area contributed by atoms with Gasteiger partial charge >= 0.3 is 5.97 Å². The number of carboxylic acid groups (broad SMARTS) is 1. The van der Waals surface area contributed by atoms with Crippen LogP contribution in [0.15, 0.2) is 58.8 Å². The van der Waals surface area contributed by atoms with E-state index in [1.165, 1.54) is 61.4 Å². The molecule has 0 spiro atoms. The maximum absolute atomic E-state index is 10.6. The SMILES string of the molecule is C1CCOC1.O=S(Cl)Cl.[N-]=[N+]=Nc1ccc(C(=O)Cl)cc1.[N-]=[N+]=Nc1ccc(C(=O)O)cc1. The summed E-state index contributed by atoms with van der Waals surface area (Å²) in [4.78, 5) is 26.1. The fourth-order valence-electron chi connectivity index (χ4n) is 1.94. The van der Waals surface area contributed by atoms with Crippen LogP contribution < -0.4 is 0 Å². The third-order valence-corrected chi connectivity index (χ3v) is 3.57. The predicted molar refractivity (Wildman–Crippen MR) is 128 cm³/mol. The Morgan fingerprint density at radius 2 is 1.24 bits per heavy atom. The number of benzene rings is 2. The molecule has 0 amide bonds. The Morgan fingerprint density at radius 1 is 0.879 bits per heavy atom. The summed E-state index contributed by atoms with van der Waals surface area (Å²) in [7, 11) is 7.36. The zero-order chi connectivity index (χ0) is 25.1. The van der Waals surface area contributed by atoms with E-state index in [4.69, 9.17) is 36.7 Å². The molecule has 2 aromatic carbocycles. The van der Waals surface area contributed by atoms with Crippen LogP contribution in [0.5, 0.6) is 0 Å². The number of aromatic carboxylic acids is 1. The second kappa shape index (κ2) is 18.7. The molecule has 33 heavy (non-hydrogen) atoms. The van der Waals surface area contributed by atoms with Crippen molar-refractivity contribution in [1.29, 1.82) is 0 Å². The van der Waals surface area contributed by atoms with Crippen LogP contribution in [0.2, 0.25) is 0 Å². The van der Waals surface area contributed by atoms with Gasteiger partial charge in [-0.25, -0.2) is 9.00 Å². The van der Waals surface area contributed by atoms with Crippen molar-refractivity contribution in [2.45, 2.75) is 12.8 Å². The average Bonchev–Trinajstić information content (AvgIpc) is 3.35. The van der Waals surface area contributed by atoms with Crippen LogP contribution in [0.4, 0.5) is 11.4 Å². The highest BCUT2D eigenvalue weighted by molar-refractivity contribution is 8.26. The molecule has 0 bridgehead atoms. The fraction of sp³-hybridized carbons (Fsp3) is 0.222. The molecule has 0 unspecified atom stereocenters. The third-order valence-electron chi connectivity index (χ3n) is 3.36. The lowest BCUT2D eigenvalue weighted by atomic mass is 10.2. The number of carboxylic acids is 1. The lowest BCUT2D eigenvalue weighted by Crippen LogP contribution is -1.93. The van der Waals surface area contributed by atoms with E-state index in [1.807, 2.05) is 0 Å². The van der Waals surface area contributed by atoms with Gasteiger partial charge < -0.3 is 9.84 Å². The van der Waals surface area contributed by atoms with Crippen LogP contribution in [-0.2, 0) is 14.0 Å². The number of hydrogen-bond donors (Lipinski definition) is 1. The van der Waals surface area contributed by atoms with Gasteiger partial charge in [0.1, 0.15) is 0 Å². The van der Waals surface area contributed by atoms with E-state index in [0.717, 1.165) is 13.2 Å². The summed E-state index contributed by atoms with van der Waals surface area (Å²) in [6.07, 6.45) is 2.56. The molecule has 1 aliphatic rings. The minimum absolute atomic E-state index is 0.173. The number of ether oxygens (including phenoxy) is 1. The highest BCUT2D eigenvalue weighted by Crippen LogP contribution is 2.14. The van der Waals surface area contributed by atoms with Gasteiger partial charge in [-0.1, -0.05) is 34.5 Å². The second-order valence-electron chi connectivity index (χ2n) is 5.56. The smallest absolute Gasteiger partial charge is 0.335 e. The van der Waals surface area contributed by atoms with Crippen molar-refractivity contribution >= 4 is 64.8 Å². The predicted octanol–water partition coefficient (Wildman–Crippen LogP) is 7.17. The van der Waals surface area contributed by atoms with Crippen molar-refractivity contribution < 1.29 is 23.6 Å². The molecular weight excluding hydrogens is 519 g/mol. The summed E-state index contributed by atoms with van der Waals surface area (Å²) in [6, 6.07) is 11.7. The van der Waals surface area contributed by atoms with E-state index < -0.39 is 20.4 Å². The van der Waals surface area contributed by atoms with E-state index in [0.29, 0.717) is 16.9 Å². The van der Waals surface area contributed by atoms with Crippen LogP contribution >= 0.6 is 33.0 Å². The lowest BCUT2D eigenvalue weighted by Gasteiger charge is -1.92. The van der Waals surface area contributed by atoms with Gasteiger partial charge in [-0.05, 0) is 59.8 Å². The first-order chi connectivity index (χ1) is 15.7. The number of azide groups is 2. The summed E-state index contributed by atoms with van der Waals surface area (Å²) in [5, 5.41) is 14.6. The van der Waals surface area contributed by atoms with E-state index in [1.54, 1.807) is 0 Å². The summed E-state index contributed by atoms with van der Waals surface area (Å²) in [5.41, 5.74) is 17.5. The maximum Gasteiger partial charge on any atom is 0.335 e. The van der Waals surface area contributed by atoms with Gasteiger partial charge in [0.25, 0.3) is 5.24 Å². The summed E-state index contributed by atoms with van der Waals surface area (Å²) in [6.45, 7) is 2.00. The van der Waals surface area contributed by atoms with Crippen molar-refractivity contribution in [3.05, 3.63) is 80.5 Å². The van der Waals surface area contributed by atoms with Crippen molar-refractivity contribution in [2.24, 2.45) is 10.2 Å². The van der Waals surface area contributed by atoms with Crippen LogP contribution in [-0.4, -0.2) is 33.7 Å². The molecule has 1 aliphatic heterocycles. The van der Waals surface area contributed by atoms with Gasteiger partial charge in [0.15, 0.2) is 0 Å². The van der Waals surface area contributed by atoms with Gasteiger partial charge in [0, 0.05) is 61.3 Å². The van der Waals surface area contributed by atoms with Gasteiger partial charge in [-0.15, -0.1) is 0 Å². The zero-order valence-corrected chi connectivity index (χ0v) is 19.8. The van der Waals surface area contributed by atoms with Gasteiger partial charge in [0.2, 0.25) is 9.23 Å². The van der Waals surface area contributed by atoms with E-state index in [2.05, 4.69) is 41.4 Å². The summed E-state index contributed by atoms with van der Waals surface area (Å²) >= 11 is 5.19. The highest BCUT2D eigenvalue weighted by atomic mass is 36.0. The van der Waals surface area contributed by atoms with Gasteiger partial charge in [0.05, 0.1) is 5.56 Å². The van der Waals surface area contributed by atoms with E-state index in [9.17, 15) is 9.59 Å². The Hall–Kier alpha value is -2.82. The van der Waals surface area contributed by atoms with Crippen LogP contribution in [0.1, 0.15) is 33.6 Å². The lowest BCUT2D eigenvalue weighted by molar-refractivity contribution is 0.0696. The average molecular weight is 536 g/mol. The molecule has 1 fully saturated rings. The molecule has 0 saturated carbocycles. The first-order valence-electron chi connectivity index (χ1n) is 8.76. The molecule has 0 aliphatic carbocycles. The number of carbonyl (C=O) groups is 2. The minimum Gasteiger partial charge on any atom is -0.478 e. The Balaban J connectivity index is 0.000000456. The molecule has 3 rings (SSSR count). The standard InChI is InChI=1S/C7H4ClN3O.C7H5N3O2.C4H8O.Cl2OS/c8-7(12)5-1-3-6(4-2-5)10-11-9;8-10-9-6-3-1-5(2-4-6)7(11)12;1-2-4-5-3-1;1-4(2)3/h1-4H;1-4H,(H,11,12);1-4H2;. The largest absolute Gasteiger partial charge is 0.478 e. The van der Waals surface area contributed by atoms with Gasteiger partial charge in [-0.3, -0.25) is 4.79 Å². The van der Waals surface area contributed by atoms with Crippen molar-refractivity contribution in [2.75, 3.05) is 13.2 Å². The monoisotopic (exact) mass is 534 g/mol. The topological polar surface area (TPSA) is 178 Å². The van der Waals surface area contributed by atoms with E-state index in [-0.39, 0.29) is 5.56 Å². The Labute approximate surface area is 204 Å². The molecule has 11 nitrogen and oxygen atoms in total. The second-order valence-corrected chi connectivity index (χ2v) is 8.42. The Kier molecular flexibility index (Phi) is 17.1. The maximum atomic E-state index is 10.6. The van der Waals surface area contributed by atoms with Gasteiger partial charge in [-0.2, -0.15) is 0 Å². The molecule has 0 atom stereocenters. The van der Waals surface area contributed by atoms with Crippen molar-refractivity contribution in [3.8, 4) is 0 Å². The normalized spacial score (nSPS) is 11.0. The molecule has 2 aromatic rings. The molecular formula is C18H17Cl3N6O5S. The minimum atomic E-state index is -1.67. The van der Waals surface area contributed by atoms with E-state index >= 15 is 0 Å². The summed E-state index contributed by atoms with van der Waals surface area (Å²) < 4.78 is 14.0. The molecule has 1 N–H and O–H groups in total. The molecule has 1 heterocycles. The van der Waals surface area contributed by atoms with Crippen LogP contribution in [0.3, 0.4) is 0 Å². The number of carbonyl (C=O) groups excluding carboxylic acids is 1. The Morgan fingerprint density at radius 3 is 1.48 bits per heavy atom. The van der Waals surface area contributed by atoms with Crippen LogP contribution in [0.25, 0.3) is 20.9 Å². The zero-order valence-electron chi connectivity index (χ0n) is 16.8. The first kappa shape index (κ1) is 30.2. The number of hydrogen-bond acceptors (Lipinski definition) is 6. The van der Waals surface area contributed by atoms with Crippen LogP contribution in [0, 0.1) is 0 Å². The van der Waals surface area contributed by atoms with Crippen molar-refractivity contribution in [3.63, 3.8) is 0 Å². The first-order valence-corrected chi connectivity index (χ1v) is 11.9. The highest BCUT2D eigenvalue weighted by Gasteiger charge is 2.00. The quantitative estimate of drug-likeness (QED) is 0.188.